The van der Waals surface area contributed by atoms with Crippen LogP contribution in [0.15, 0.2) is 24.3 Å². The summed E-state index contributed by atoms with van der Waals surface area (Å²) in [5.41, 5.74) is 2.20. The fourth-order valence-electron chi connectivity index (χ4n) is 0.745. The number of terminal acetylenes is 1. The SMILES string of the molecule is C#CC#Cc1ccc(C)cc1. The van der Waals surface area contributed by atoms with Gasteiger partial charge in [-0.1, -0.05) is 23.6 Å². The third-order valence-electron chi connectivity index (χ3n) is 1.33. The molecule has 0 nitrogen and oxygen atoms in total. The standard InChI is InChI=1S/C11H8/c1-3-4-5-11-8-6-10(2)7-9-11/h1,6-9H,2H3. The van der Waals surface area contributed by atoms with Crippen molar-refractivity contribution in [1.29, 1.82) is 0 Å². The maximum absolute atomic E-state index is 4.98. The highest BCUT2D eigenvalue weighted by molar-refractivity contribution is 5.39. The van der Waals surface area contributed by atoms with E-state index in [0.29, 0.717) is 0 Å². The van der Waals surface area contributed by atoms with E-state index in [2.05, 4.69) is 17.8 Å². The van der Waals surface area contributed by atoms with Gasteiger partial charge in [0.25, 0.3) is 0 Å². The van der Waals surface area contributed by atoms with E-state index in [4.69, 9.17) is 6.42 Å². The van der Waals surface area contributed by atoms with E-state index in [0.717, 1.165) is 5.56 Å². The van der Waals surface area contributed by atoms with Crippen molar-refractivity contribution in [2.75, 3.05) is 0 Å². The third-order valence-corrected chi connectivity index (χ3v) is 1.33. The summed E-state index contributed by atoms with van der Waals surface area (Å²) in [5.74, 6) is 7.67. The van der Waals surface area contributed by atoms with Crippen molar-refractivity contribution in [3.05, 3.63) is 35.4 Å². The second-order valence-corrected chi connectivity index (χ2v) is 2.26. The molecule has 0 bridgehead atoms. The van der Waals surface area contributed by atoms with Gasteiger partial charge >= 0.3 is 0 Å². The molecule has 1 rings (SSSR count). The monoisotopic (exact) mass is 140 g/mol. The fraction of sp³-hybridized carbons (Fsp3) is 0.0909. The number of hydrogen-bond donors (Lipinski definition) is 0. The third kappa shape index (κ3) is 2.20. The summed E-state index contributed by atoms with van der Waals surface area (Å²) in [6.45, 7) is 2.04. The lowest BCUT2D eigenvalue weighted by Gasteiger charge is -1.89. The summed E-state index contributed by atoms with van der Waals surface area (Å²) >= 11 is 0. The highest BCUT2D eigenvalue weighted by Gasteiger charge is 1.83. The van der Waals surface area contributed by atoms with Crippen LogP contribution in [0.3, 0.4) is 0 Å². The van der Waals surface area contributed by atoms with Gasteiger partial charge in [-0.2, -0.15) is 0 Å². The van der Waals surface area contributed by atoms with Gasteiger partial charge in [0.05, 0.1) is 0 Å². The van der Waals surface area contributed by atoms with Gasteiger partial charge in [-0.05, 0) is 30.9 Å². The van der Waals surface area contributed by atoms with Crippen molar-refractivity contribution in [2.45, 2.75) is 6.92 Å². The summed E-state index contributed by atoms with van der Waals surface area (Å²) in [4.78, 5) is 0. The van der Waals surface area contributed by atoms with E-state index in [9.17, 15) is 0 Å². The molecule has 0 unspecified atom stereocenters. The van der Waals surface area contributed by atoms with E-state index in [-0.39, 0.29) is 0 Å². The quantitative estimate of drug-likeness (QED) is 0.483. The number of rotatable bonds is 0. The number of hydrogen-bond acceptors (Lipinski definition) is 0. The molecule has 0 saturated heterocycles. The van der Waals surface area contributed by atoms with Gasteiger partial charge in [-0.3, -0.25) is 0 Å². The molecule has 0 heteroatoms. The molecule has 0 amide bonds. The van der Waals surface area contributed by atoms with E-state index >= 15 is 0 Å². The molecule has 52 valence electrons. The summed E-state index contributed by atoms with van der Waals surface area (Å²) < 4.78 is 0. The van der Waals surface area contributed by atoms with Crippen molar-refractivity contribution in [3.63, 3.8) is 0 Å². The minimum Gasteiger partial charge on any atom is -0.106 e. The van der Waals surface area contributed by atoms with Gasteiger partial charge in [-0.25, -0.2) is 0 Å². The van der Waals surface area contributed by atoms with Gasteiger partial charge in [0, 0.05) is 5.56 Å². The molecular formula is C11H8. The molecule has 0 N–H and O–H groups in total. The van der Waals surface area contributed by atoms with Crippen LogP contribution in [-0.4, -0.2) is 0 Å². The van der Waals surface area contributed by atoms with E-state index < -0.39 is 0 Å². The van der Waals surface area contributed by atoms with Crippen LogP contribution in [0.1, 0.15) is 11.1 Å². The first-order valence-electron chi connectivity index (χ1n) is 3.36. The Kier molecular flexibility index (Phi) is 2.37. The van der Waals surface area contributed by atoms with Crippen molar-refractivity contribution in [2.24, 2.45) is 0 Å². The Morgan fingerprint density at radius 2 is 1.82 bits per heavy atom. The lowest BCUT2D eigenvalue weighted by Crippen LogP contribution is -1.73. The fourth-order valence-corrected chi connectivity index (χ4v) is 0.745. The molecule has 1 aromatic carbocycles. The Morgan fingerprint density at radius 1 is 1.18 bits per heavy atom. The van der Waals surface area contributed by atoms with Gasteiger partial charge in [0.2, 0.25) is 0 Å². The lowest BCUT2D eigenvalue weighted by molar-refractivity contribution is 1.46. The highest BCUT2D eigenvalue weighted by Crippen LogP contribution is 2.00. The molecule has 0 spiro atoms. The van der Waals surface area contributed by atoms with Crippen molar-refractivity contribution in [1.82, 2.24) is 0 Å². The molecule has 0 aliphatic carbocycles. The predicted molar refractivity (Wildman–Crippen MR) is 46.9 cm³/mol. The Morgan fingerprint density at radius 3 is 2.36 bits per heavy atom. The van der Waals surface area contributed by atoms with Crippen LogP contribution in [0.4, 0.5) is 0 Å². The maximum atomic E-state index is 4.98. The van der Waals surface area contributed by atoms with Crippen molar-refractivity contribution in [3.8, 4) is 24.2 Å². The molecule has 0 radical (unpaired) electrons. The highest BCUT2D eigenvalue weighted by atomic mass is 13.9. The van der Waals surface area contributed by atoms with Crippen LogP contribution in [-0.2, 0) is 0 Å². The average Bonchev–Trinajstić information content (AvgIpc) is 2.04. The van der Waals surface area contributed by atoms with Crippen LogP contribution in [0.5, 0.6) is 0 Å². The minimum atomic E-state index is 0.966. The zero-order valence-electron chi connectivity index (χ0n) is 6.39. The first kappa shape index (κ1) is 7.45. The van der Waals surface area contributed by atoms with Crippen LogP contribution in [0, 0.1) is 31.1 Å². The molecule has 0 aliphatic rings. The minimum absolute atomic E-state index is 0.966. The summed E-state index contributed by atoms with van der Waals surface area (Å²) in [6, 6.07) is 7.94. The molecule has 0 fully saturated rings. The Balaban J connectivity index is 2.93. The molecule has 0 aliphatic heterocycles. The van der Waals surface area contributed by atoms with Crippen LogP contribution < -0.4 is 0 Å². The molecule has 0 heterocycles. The Labute approximate surface area is 67.3 Å². The normalized spacial score (nSPS) is 7.64. The largest absolute Gasteiger partial charge is 0.106 e. The van der Waals surface area contributed by atoms with Crippen LogP contribution in [0.2, 0.25) is 0 Å². The molecule has 0 saturated carbocycles. The average molecular weight is 140 g/mol. The van der Waals surface area contributed by atoms with Gasteiger partial charge in [0.15, 0.2) is 0 Å². The zero-order chi connectivity index (χ0) is 8.10. The molecule has 11 heavy (non-hydrogen) atoms. The van der Waals surface area contributed by atoms with E-state index in [1.807, 2.05) is 31.2 Å². The lowest BCUT2D eigenvalue weighted by atomic mass is 10.2. The van der Waals surface area contributed by atoms with Gasteiger partial charge < -0.3 is 0 Å². The zero-order valence-corrected chi connectivity index (χ0v) is 6.39. The van der Waals surface area contributed by atoms with Gasteiger partial charge in [0.1, 0.15) is 0 Å². The van der Waals surface area contributed by atoms with E-state index in [1.165, 1.54) is 5.56 Å². The summed E-state index contributed by atoms with van der Waals surface area (Å²) in [6.07, 6.45) is 4.98. The van der Waals surface area contributed by atoms with Gasteiger partial charge in [-0.15, -0.1) is 6.42 Å². The molecule has 1 aromatic rings. The summed E-state index contributed by atoms with van der Waals surface area (Å²) in [5, 5.41) is 0. The number of aryl methyl sites for hydroxylation is 1. The molecule has 0 atom stereocenters. The first-order valence-corrected chi connectivity index (χ1v) is 3.36. The number of benzene rings is 1. The summed E-state index contributed by atoms with van der Waals surface area (Å²) in [7, 11) is 0. The molecular weight excluding hydrogens is 132 g/mol. The first-order chi connectivity index (χ1) is 5.33. The maximum Gasteiger partial charge on any atom is 0.0255 e. The van der Waals surface area contributed by atoms with Crippen LogP contribution >= 0.6 is 0 Å². The molecule has 0 aromatic heterocycles. The predicted octanol–water partition coefficient (Wildman–Crippen LogP) is 1.98. The second kappa shape index (κ2) is 3.49. The van der Waals surface area contributed by atoms with Crippen molar-refractivity contribution < 1.29 is 0 Å². The smallest absolute Gasteiger partial charge is 0.0255 e. The Bertz CT molecular complexity index is 325. The Hall–Kier alpha value is -1.66. The van der Waals surface area contributed by atoms with Crippen molar-refractivity contribution >= 4 is 0 Å². The van der Waals surface area contributed by atoms with Crippen LogP contribution in [0.25, 0.3) is 0 Å². The second-order valence-electron chi connectivity index (χ2n) is 2.26. The topological polar surface area (TPSA) is 0 Å². The van der Waals surface area contributed by atoms with E-state index in [1.54, 1.807) is 0 Å².